The van der Waals surface area contributed by atoms with Crippen LogP contribution in [0.1, 0.15) is 20.3 Å². The first-order valence-electron chi connectivity index (χ1n) is 6.33. The average Bonchev–Trinajstić information content (AvgIpc) is 2.74. The lowest BCUT2D eigenvalue weighted by atomic mass is 9.88. The third-order valence-corrected chi connectivity index (χ3v) is 3.28. The molecule has 1 aliphatic rings. The van der Waals surface area contributed by atoms with Gasteiger partial charge in [0, 0.05) is 25.3 Å². The van der Waals surface area contributed by atoms with Crippen molar-refractivity contribution >= 4 is 5.69 Å². The number of fused-ring (bicyclic) bond motifs is 1. The van der Waals surface area contributed by atoms with Crippen LogP contribution in [-0.2, 0) is 0 Å². The molecule has 0 saturated heterocycles. The van der Waals surface area contributed by atoms with E-state index in [1.807, 2.05) is 12.1 Å². The summed E-state index contributed by atoms with van der Waals surface area (Å²) in [5.74, 6) is 1.66. The second kappa shape index (κ2) is 5.06. The van der Waals surface area contributed by atoms with Gasteiger partial charge in [0.2, 0.25) is 6.79 Å². The second-order valence-corrected chi connectivity index (χ2v) is 5.60. The van der Waals surface area contributed by atoms with E-state index >= 15 is 0 Å². The predicted molar refractivity (Wildman–Crippen MR) is 73.3 cm³/mol. The molecule has 0 aromatic heterocycles. The fourth-order valence-electron chi connectivity index (χ4n) is 2.33. The van der Waals surface area contributed by atoms with Gasteiger partial charge in [0.25, 0.3) is 0 Å². The first-order chi connectivity index (χ1) is 8.52. The fourth-order valence-corrected chi connectivity index (χ4v) is 2.33. The van der Waals surface area contributed by atoms with Gasteiger partial charge in [-0.05, 0) is 30.5 Å². The number of hydrogen-bond acceptors (Lipinski definition) is 4. The van der Waals surface area contributed by atoms with Crippen molar-refractivity contribution in [2.75, 3.05) is 31.8 Å². The van der Waals surface area contributed by atoms with Crippen LogP contribution in [0.4, 0.5) is 5.69 Å². The Balaban J connectivity index is 2.07. The van der Waals surface area contributed by atoms with Gasteiger partial charge in [-0.1, -0.05) is 13.8 Å². The summed E-state index contributed by atoms with van der Waals surface area (Å²) < 4.78 is 10.7. The highest BCUT2D eigenvalue weighted by Crippen LogP contribution is 2.36. The fraction of sp³-hybridized carbons (Fsp3) is 0.571. The summed E-state index contributed by atoms with van der Waals surface area (Å²) in [7, 11) is 2.09. The Kier molecular flexibility index (Phi) is 3.66. The minimum absolute atomic E-state index is 0.208. The van der Waals surface area contributed by atoms with Crippen molar-refractivity contribution in [3.8, 4) is 11.5 Å². The van der Waals surface area contributed by atoms with Crippen LogP contribution >= 0.6 is 0 Å². The number of nitrogens with zero attached hydrogens (tertiary/aromatic N) is 1. The SMILES string of the molecule is CN(CC(C)(C)CCN)c1ccc2c(c1)OCO2. The van der Waals surface area contributed by atoms with Crippen LogP contribution in [0.25, 0.3) is 0 Å². The third-order valence-electron chi connectivity index (χ3n) is 3.28. The summed E-state index contributed by atoms with van der Waals surface area (Å²) >= 11 is 0. The lowest BCUT2D eigenvalue weighted by Gasteiger charge is -2.31. The minimum Gasteiger partial charge on any atom is -0.454 e. The maximum atomic E-state index is 5.65. The normalized spacial score (nSPS) is 13.8. The minimum atomic E-state index is 0.208. The van der Waals surface area contributed by atoms with Crippen molar-refractivity contribution in [3.63, 3.8) is 0 Å². The van der Waals surface area contributed by atoms with Gasteiger partial charge >= 0.3 is 0 Å². The summed E-state index contributed by atoms with van der Waals surface area (Å²) in [5.41, 5.74) is 7.00. The predicted octanol–water partition coefficient (Wildman–Crippen LogP) is 2.23. The van der Waals surface area contributed by atoms with Crippen LogP contribution in [0.5, 0.6) is 11.5 Å². The van der Waals surface area contributed by atoms with Crippen molar-refractivity contribution in [2.45, 2.75) is 20.3 Å². The Labute approximate surface area is 109 Å². The Morgan fingerprint density at radius 1 is 1.28 bits per heavy atom. The van der Waals surface area contributed by atoms with Gasteiger partial charge in [0.05, 0.1) is 0 Å². The topological polar surface area (TPSA) is 47.7 Å². The van der Waals surface area contributed by atoms with Crippen molar-refractivity contribution in [1.29, 1.82) is 0 Å². The van der Waals surface area contributed by atoms with Crippen molar-refractivity contribution in [1.82, 2.24) is 0 Å². The summed E-state index contributed by atoms with van der Waals surface area (Å²) in [6.45, 7) is 6.49. The van der Waals surface area contributed by atoms with Crippen molar-refractivity contribution in [3.05, 3.63) is 18.2 Å². The molecule has 0 bridgehead atoms. The largest absolute Gasteiger partial charge is 0.454 e. The van der Waals surface area contributed by atoms with Gasteiger partial charge in [0.1, 0.15) is 0 Å². The van der Waals surface area contributed by atoms with Gasteiger partial charge in [-0.15, -0.1) is 0 Å². The summed E-state index contributed by atoms with van der Waals surface area (Å²) in [5, 5.41) is 0. The first-order valence-corrected chi connectivity index (χ1v) is 6.33. The third kappa shape index (κ3) is 2.88. The van der Waals surface area contributed by atoms with E-state index in [2.05, 4.69) is 31.9 Å². The highest BCUT2D eigenvalue weighted by molar-refractivity contribution is 5.56. The van der Waals surface area contributed by atoms with Crippen molar-refractivity contribution < 1.29 is 9.47 Å². The smallest absolute Gasteiger partial charge is 0.231 e. The first kappa shape index (κ1) is 13.0. The highest BCUT2D eigenvalue weighted by Gasteiger charge is 2.21. The Morgan fingerprint density at radius 2 is 2.00 bits per heavy atom. The molecule has 1 heterocycles. The van der Waals surface area contributed by atoms with E-state index in [1.54, 1.807) is 0 Å². The molecule has 0 radical (unpaired) electrons. The van der Waals surface area contributed by atoms with E-state index in [0.717, 1.165) is 36.7 Å². The molecule has 0 spiro atoms. The zero-order chi connectivity index (χ0) is 13.2. The van der Waals surface area contributed by atoms with Crippen LogP contribution in [0.15, 0.2) is 18.2 Å². The number of nitrogens with two attached hydrogens (primary N) is 1. The number of ether oxygens (including phenoxy) is 2. The molecular weight excluding hydrogens is 228 g/mol. The summed E-state index contributed by atoms with van der Waals surface area (Å²) in [6.07, 6.45) is 1.02. The van der Waals surface area contributed by atoms with E-state index in [-0.39, 0.29) is 5.41 Å². The quantitative estimate of drug-likeness (QED) is 0.870. The van der Waals surface area contributed by atoms with Crippen LogP contribution in [0.3, 0.4) is 0 Å². The molecule has 1 aromatic rings. The molecule has 4 nitrogen and oxygen atoms in total. The molecule has 18 heavy (non-hydrogen) atoms. The molecule has 0 fully saturated rings. The number of benzene rings is 1. The number of rotatable bonds is 5. The summed E-state index contributed by atoms with van der Waals surface area (Å²) in [6, 6.07) is 6.05. The molecule has 2 N–H and O–H groups in total. The van der Waals surface area contributed by atoms with Gasteiger partial charge < -0.3 is 20.1 Å². The highest BCUT2D eigenvalue weighted by atomic mass is 16.7. The molecule has 0 unspecified atom stereocenters. The van der Waals surface area contributed by atoms with Crippen molar-refractivity contribution in [2.24, 2.45) is 11.1 Å². The molecule has 4 heteroatoms. The molecule has 1 aromatic carbocycles. The van der Waals surface area contributed by atoms with Crippen LogP contribution in [0, 0.1) is 5.41 Å². The molecule has 0 amide bonds. The maximum Gasteiger partial charge on any atom is 0.231 e. The Morgan fingerprint density at radius 3 is 2.72 bits per heavy atom. The zero-order valence-electron chi connectivity index (χ0n) is 11.4. The Bertz CT molecular complexity index is 418. The van der Waals surface area contributed by atoms with Crippen LogP contribution in [-0.4, -0.2) is 26.9 Å². The van der Waals surface area contributed by atoms with E-state index in [1.165, 1.54) is 0 Å². The van der Waals surface area contributed by atoms with Crippen LogP contribution < -0.4 is 20.1 Å². The van der Waals surface area contributed by atoms with E-state index in [0.29, 0.717) is 6.79 Å². The monoisotopic (exact) mass is 250 g/mol. The average molecular weight is 250 g/mol. The Hall–Kier alpha value is -1.42. The molecule has 0 atom stereocenters. The lowest BCUT2D eigenvalue weighted by molar-refractivity contribution is 0.174. The zero-order valence-corrected chi connectivity index (χ0v) is 11.4. The molecular formula is C14H22N2O2. The summed E-state index contributed by atoms with van der Waals surface area (Å²) in [4.78, 5) is 2.23. The van der Waals surface area contributed by atoms with Crippen LogP contribution in [0.2, 0.25) is 0 Å². The van der Waals surface area contributed by atoms with Gasteiger partial charge in [-0.25, -0.2) is 0 Å². The van der Waals surface area contributed by atoms with Gasteiger partial charge in [-0.3, -0.25) is 0 Å². The molecule has 1 aliphatic heterocycles. The van der Waals surface area contributed by atoms with Gasteiger partial charge in [0.15, 0.2) is 11.5 Å². The second-order valence-electron chi connectivity index (χ2n) is 5.60. The maximum absolute atomic E-state index is 5.65. The molecule has 100 valence electrons. The molecule has 0 aliphatic carbocycles. The van der Waals surface area contributed by atoms with E-state index < -0.39 is 0 Å². The lowest BCUT2D eigenvalue weighted by Crippen LogP contribution is -2.32. The number of hydrogen-bond donors (Lipinski definition) is 1. The standard InChI is InChI=1S/C14H22N2O2/c1-14(2,6-7-15)9-16(3)11-4-5-12-13(8-11)18-10-17-12/h4-5,8H,6-7,9-10,15H2,1-3H3. The molecule has 0 saturated carbocycles. The molecule has 2 rings (SSSR count). The number of anilines is 1. The van der Waals surface area contributed by atoms with Gasteiger partial charge in [-0.2, -0.15) is 0 Å². The van der Waals surface area contributed by atoms with E-state index in [4.69, 9.17) is 15.2 Å². The van der Waals surface area contributed by atoms with E-state index in [9.17, 15) is 0 Å².